The zero-order chi connectivity index (χ0) is 13.8. The van der Waals surface area contributed by atoms with E-state index >= 15 is 0 Å². The number of carboxylic acids is 1. The number of aromatic nitrogens is 2. The van der Waals surface area contributed by atoms with Crippen molar-refractivity contribution in [3.8, 4) is 17.7 Å². The number of nitriles is 1. The lowest BCUT2D eigenvalue weighted by atomic mass is 10.2. The summed E-state index contributed by atoms with van der Waals surface area (Å²) in [6.07, 6.45) is 2.68. The highest BCUT2D eigenvalue weighted by molar-refractivity contribution is 6.31. The van der Waals surface area contributed by atoms with Crippen LogP contribution < -0.4 is 4.74 Å². The quantitative estimate of drug-likeness (QED) is 0.924. The third kappa shape index (κ3) is 2.78. The van der Waals surface area contributed by atoms with Gasteiger partial charge >= 0.3 is 5.97 Å². The van der Waals surface area contributed by atoms with Gasteiger partial charge in [0.05, 0.1) is 0 Å². The van der Waals surface area contributed by atoms with Gasteiger partial charge in [-0.15, -0.1) is 0 Å². The van der Waals surface area contributed by atoms with Gasteiger partial charge < -0.3 is 9.84 Å². The molecule has 0 amide bonds. The summed E-state index contributed by atoms with van der Waals surface area (Å²) in [6.45, 7) is 0. The van der Waals surface area contributed by atoms with E-state index in [1.54, 1.807) is 6.07 Å². The standard InChI is InChI=1S/C12H6ClN3O3/c13-7-1-2-10(8(5-7)12(17)18)19-11-9(6-14)15-3-4-16-11/h1-5H,(H,17,18). The van der Waals surface area contributed by atoms with E-state index in [1.807, 2.05) is 0 Å². The summed E-state index contributed by atoms with van der Waals surface area (Å²) in [6, 6.07) is 5.92. The molecule has 7 heteroatoms. The van der Waals surface area contributed by atoms with Crippen molar-refractivity contribution in [2.45, 2.75) is 0 Å². The Morgan fingerprint density at radius 2 is 2.11 bits per heavy atom. The highest BCUT2D eigenvalue weighted by Gasteiger charge is 2.15. The Hall–Kier alpha value is -2.65. The van der Waals surface area contributed by atoms with Gasteiger partial charge in [-0.2, -0.15) is 5.26 Å². The van der Waals surface area contributed by atoms with Gasteiger partial charge in [-0.3, -0.25) is 0 Å². The SMILES string of the molecule is N#Cc1nccnc1Oc1ccc(Cl)cc1C(=O)O. The average Bonchev–Trinajstić information content (AvgIpc) is 2.41. The van der Waals surface area contributed by atoms with Gasteiger partial charge in [0.25, 0.3) is 5.88 Å². The Balaban J connectivity index is 2.44. The maximum atomic E-state index is 11.1. The zero-order valence-electron chi connectivity index (χ0n) is 9.37. The molecule has 0 aliphatic heterocycles. The number of hydrogen-bond donors (Lipinski definition) is 1. The van der Waals surface area contributed by atoms with Crippen LogP contribution in [0.1, 0.15) is 16.1 Å². The van der Waals surface area contributed by atoms with Crippen molar-refractivity contribution in [2.24, 2.45) is 0 Å². The number of carbonyl (C=O) groups is 1. The van der Waals surface area contributed by atoms with Crippen molar-refractivity contribution in [2.75, 3.05) is 0 Å². The molecule has 0 radical (unpaired) electrons. The lowest BCUT2D eigenvalue weighted by molar-refractivity contribution is 0.0694. The monoisotopic (exact) mass is 275 g/mol. The van der Waals surface area contributed by atoms with E-state index in [0.29, 0.717) is 0 Å². The van der Waals surface area contributed by atoms with Crippen LogP contribution >= 0.6 is 11.6 Å². The number of hydrogen-bond acceptors (Lipinski definition) is 5. The molecule has 1 heterocycles. The predicted molar refractivity (Wildman–Crippen MR) is 65.2 cm³/mol. The van der Waals surface area contributed by atoms with Gasteiger partial charge in [0, 0.05) is 17.4 Å². The average molecular weight is 276 g/mol. The largest absolute Gasteiger partial charge is 0.478 e. The molecular weight excluding hydrogens is 270 g/mol. The minimum absolute atomic E-state index is 0.0335. The third-order valence-electron chi connectivity index (χ3n) is 2.15. The summed E-state index contributed by atoms with van der Waals surface area (Å²) in [5.74, 6) is -1.22. The van der Waals surface area contributed by atoms with E-state index in [9.17, 15) is 4.79 Å². The number of rotatable bonds is 3. The highest BCUT2D eigenvalue weighted by atomic mass is 35.5. The molecule has 0 spiro atoms. The summed E-state index contributed by atoms with van der Waals surface area (Å²) in [7, 11) is 0. The number of nitrogens with zero attached hydrogens (tertiary/aromatic N) is 3. The summed E-state index contributed by atoms with van der Waals surface area (Å²) >= 11 is 5.72. The summed E-state index contributed by atoms with van der Waals surface area (Å²) < 4.78 is 5.31. The molecule has 94 valence electrons. The van der Waals surface area contributed by atoms with Crippen molar-refractivity contribution in [1.29, 1.82) is 5.26 Å². The van der Waals surface area contributed by atoms with Crippen molar-refractivity contribution in [1.82, 2.24) is 9.97 Å². The minimum atomic E-state index is -1.19. The van der Waals surface area contributed by atoms with E-state index in [2.05, 4.69) is 9.97 Å². The van der Waals surface area contributed by atoms with Crippen LogP contribution in [0.15, 0.2) is 30.6 Å². The van der Waals surface area contributed by atoms with E-state index in [1.165, 1.54) is 30.6 Å². The number of carboxylic acid groups (broad SMARTS) is 1. The molecule has 2 rings (SSSR count). The molecule has 6 nitrogen and oxygen atoms in total. The topological polar surface area (TPSA) is 96.1 Å². The van der Waals surface area contributed by atoms with Crippen LogP contribution in [-0.2, 0) is 0 Å². The van der Waals surface area contributed by atoms with Gasteiger partial charge in [0.1, 0.15) is 17.4 Å². The van der Waals surface area contributed by atoms with Crippen LogP contribution in [0.3, 0.4) is 0 Å². The molecule has 0 aliphatic rings. The molecule has 1 N–H and O–H groups in total. The van der Waals surface area contributed by atoms with Crippen LogP contribution in [0, 0.1) is 11.3 Å². The van der Waals surface area contributed by atoms with Crippen molar-refractivity contribution < 1.29 is 14.6 Å². The second-order valence-corrected chi connectivity index (χ2v) is 3.81. The second kappa shape index (κ2) is 5.33. The molecule has 1 aromatic carbocycles. The molecule has 0 unspecified atom stereocenters. The highest BCUT2D eigenvalue weighted by Crippen LogP contribution is 2.27. The van der Waals surface area contributed by atoms with Gasteiger partial charge in [0.15, 0.2) is 0 Å². The number of ether oxygens (including phenoxy) is 1. The van der Waals surface area contributed by atoms with E-state index in [4.69, 9.17) is 26.7 Å². The van der Waals surface area contributed by atoms with Gasteiger partial charge in [-0.25, -0.2) is 14.8 Å². The molecule has 0 aliphatic carbocycles. The molecule has 1 aromatic heterocycles. The smallest absolute Gasteiger partial charge is 0.339 e. The zero-order valence-corrected chi connectivity index (χ0v) is 10.1. The summed E-state index contributed by atoms with van der Waals surface area (Å²) in [5.41, 5.74) is -0.157. The maximum absolute atomic E-state index is 11.1. The molecule has 0 fully saturated rings. The van der Waals surface area contributed by atoms with Gasteiger partial charge in [-0.05, 0) is 18.2 Å². The first kappa shape index (κ1) is 12.8. The number of benzene rings is 1. The van der Waals surface area contributed by atoms with Gasteiger partial charge in [-0.1, -0.05) is 11.6 Å². The van der Waals surface area contributed by atoms with Crippen LogP contribution in [0.2, 0.25) is 5.02 Å². The van der Waals surface area contributed by atoms with Gasteiger partial charge in [0.2, 0.25) is 5.69 Å². The Morgan fingerprint density at radius 1 is 1.37 bits per heavy atom. The molecule has 0 bridgehead atoms. The summed E-state index contributed by atoms with van der Waals surface area (Å²) in [4.78, 5) is 18.7. The van der Waals surface area contributed by atoms with E-state index in [-0.39, 0.29) is 27.9 Å². The normalized spacial score (nSPS) is 9.68. The number of aromatic carboxylic acids is 1. The van der Waals surface area contributed by atoms with E-state index < -0.39 is 5.97 Å². The minimum Gasteiger partial charge on any atom is -0.478 e. The molecule has 0 saturated carbocycles. The van der Waals surface area contributed by atoms with E-state index in [0.717, 1.165) is 0 Å². The Morgan fingerprint density at radius 3 is 2.79 bits per heavy atom. The third-order valence-corrected chi connectivity index (χ3v) is 2.38. The second-order valence-electron chi connectivity index (χ2n) is 3.37. The lowest BCUT2D eigenvalue weighted by Gasteiger charge is -2.08. The predicted octanol–water partition coefficient (Wildman–Crippen LogP) is 2.49. The molecular formula is C12H6ClN3O3. The van der Waals surface area contributed by atoms with Crippen LogP contribution in [0.25, 0.3) is 0 Å². The van der Waals surface area contributed by atoms with Crippen molar-refractivity contribution >= 4 is 17.6 Å². The fourth-order valence-electron chi connectivity index (χ4n) is 1.34. The van der Waals surface area contributed by atoms with Crippen LogP contribution in [0.5, 0.6) is 11.6 Å². The Kier molecular flexibility index (Phi) is 3.59. The number of halogens is 1. The molecule has 2 aromatic rings. The van der Waals surface area contributed by atoms with Crippen LogP contribution in [-0.4, -0.2) is 21.0 Å². The Bertz CT molecular complexity index is 682. The Labute approximate surface area is 112 Å². The fraction of sp³-hybridized carbons (Fsp3) is 0. The summed E-state index contributed by atoms with van der Waals surface area (Å²) in [5, 5.41) is 18.2. The van der Waals surface area contributed by atoms with Crippen LogP contribution in [0.4, 0.5) is 0 Å². The van der Waals surface area contributed by atoms with Crippen molar-refractivity contribution in [3.05, 3.63) is 46.9 Å². The van der Waals surface area contributed by atoms with Crippen molar-refractivity contribution in [3.63, 3.8) is 0 Å². The molecule has 19 heavy (non-hydrogen) atoms. The first-order valence-electron chi connectivity index (χ1n) is 5.03. The first-order valence-corrected chi connectivity index (χ1v) is 5.41. The maximum Gasteiger partial charge on any atom is 0.339 e. The molecule has 0 atom stereocenters. The molecule has 0 saturated heterocycles. The fourth-order valence-corrected chi connectivity index (χ4v) is 1.51. The first-order chi connectivity index (χ1) is 9.11. The lowest BCUT2D eigenvalue weighted by Crippen LogP contribution is -2.02.